The van der Waals surface area contributed by atoms with Crippen molar-refractivity contribution in [3.05, 3.63) is 63.1 Å². The minimum atomic E-state index is 0.241. The van der Waals surface area contributed by atoms with E-state index in [1.54, 1.807) is 30.1 Å². The van der Waals surface area contributed by atoms with E-state index in [2.05, 4.69) is 20.9 Å². The molecule has 2 nitrogen and oxygen atoms in total. The Morgan fingerprint density at radius 1 is 1.24 bits per heavy atom. The zero-order chi connectivity index (χ0) is 15.1. The molecule has 0 aromatic heterocycles. The van der Waals surface area contributed by atoms with Gasteiger partial charge in [0.25, 0.3) is 0 Å². The first-order valence-electron chi connectivity index (χ1n) is 6.46. The summed E-state index contributed by atoms with van der Waals surface area (Å²) < 4.78 is 0.926. The predicted molar refractivity (Wildman–Crippen MR) is 95.9 cm³/mol. The van der Waals surface area contributed by atoms with Gasteiger partial charge in [-0.3, -0.25) is 4.99 Å². The molecule has 1 N–H and O–H groups in total. The van der Waals surface area contributed by atoms with E-state index < -0.39 is 0 Å². The van der Waals surface area contributed by atoms with Crippen molar-refractivity contribution in [3.63, 3.8) is 0 Å². The zero-order valence-corrected chi connectivity index (χ0v) is 14.5. The summed E-state index contributed by atoms with van der Waals surface area (Å²) in [7, 11) is 0. The summed E-state index contributed by atoms with van der Waals surface area (Å²) in [5.74, 6) is 2.04. The van der Waals surface area contributed by atoms with Gasteiger partial charge in [-0.15, -0.1) is 0 Å². The summed E-state index contributed by atoms with van der Waals surface area (Å²) in [4.78, 5) is 4.34. The van der Waals surface area contributed by atoms with Gasteiger partial charge in [0.05, 0.1) is 0 Å². The highest BCUT2D eigenvalue weighted by Gasteiger charge is 1.99. The lowest BCUT2D eigenvalue weighted by atomic mass is 10.2. The van der Waals surface area contributed by atoms with E-state index in [1.807, 2.05) is 30.3 Å². The van der Waals surface area contributed by atoms with Gasteiger partial charge in [0.2, 0.25) is 0 Å². The second-order valence-electron chi connectivity index (χ2n) is 4.38. The topological polar surface area (TPSA) is 32.6 Å². The largest absolute Gasteiger partial charge is 0.507 e. The molecule has 0 aliphatic heterocycles. The number of hydrogen-bond donors (Lipinski definition) is 1. The average Bonchev–Trinajstić information content (AvgIpc) is 2.48. The zero-order valence-electron chi connectivity index (χ0n) is 11.3. The van der Waals surface area contributed by atoms with Gasteiger partial charge in [0.15, 0.2) is 0 Å². The number of halogens is 2. The standard InChI is InChI=1S/C16H15BrClNOS/c17-14-5-6-16(20)13(9-14)10-19-7-8-21-11-12-3-1-2-4-15(12)18/h1-6,9-10,20H,7-8,11H2. The second kappa shape index (κ2) is 8.47. The lowest BCUT2D eigenvalue weighted by Crippen LogP contribution is -1.90. The molecule has 0 amide bonds. The van der Waals surface area contributed by atoms with Gasteiger partial charge >= 0.3 is 0 Å². The number of phenols is 1. The Bertz CT molecular complexity index is 633. The van der Waals surface area contributed by atoms with Crippen LogP contribution in [0.4, 0.5) is 0 Å². The maximum atomic E-state index is 9.68. The van der Waals surface area contributed by atoms with Gasteiger partial charge in [0.1, 0.15) is 5.75 Å². The molecule has 0 spiro atoms. The number of aliphatic imine (C=N–C) groups is 1. The molecule has 5 heteroatoms. The van der Waals surface area contributed by atoms with Crippen LogP contribution in [-0.2, 0) is 5.75 Å². The molecule has 2 aromatic rings. The van der Waals surface area contributed by atoms with E-state index in [0.29, 0.717) is 6.54 Å². The van der Waals surface area contributed by atoms with Gasteiger partial charge < -0.3 is 5.11 Å². The van der Waals surface area contributed by atoms with Crippen LogP contribution >= 0.6 is 39.3 Å². The molecule has 21 heavy (non-hydrogen) atoms. The molecule has 0 radical (unpaired) electrons. The van der Waals surface area contributed by atoms with Crippen LogP contribution in [0.2, 0.25) is 5.02 Å². The van der Waals surface area contributed by atoms with Gasteiger partial charge in [-0.1, -0.05) is 45.7 Å². The van der Waals surface area contributed by atoms with Crippen molar-refractivity contribution in [1.82, 2.24) is 0 Å². The van der Waals surface area contributed by atoms with Gasteiger partial charge in [-0.25, -0.2) is 0 Å². The SMILES string of the molecule is Oc1ccc(Br)cc1C=NCCSCc1ccccc1Cl. The van der Waals surface area contributed by atoms with Crippen molar-refractivity contribution in [2.75, 3.05) is 12.3 Å². The molecular weight excluding hydrogens is 370 g/mol. The first-order valence-corrected chi connectivity index (χ1v) is 8.79. The fourth-order valence-corrected chi connectivity index (χ4v) is 3.22. The van der Waals surface area contributed by atoms with E-state index in [-0.39, 0.29) is 5.75 Å². The summed E-state index contributed by atoms with van der Waals surface area (Å²) in [5, 5.41) is 10.5. The monoisotopic (exact) mass is 383 g/mol. The van der Waals surface area contributed by atoms with E-state index in [0.717, 1.165) is 32.1 Å². The van der Waals surface area contributed by atoms with Crippen LogP contribution in [-0.4, -0.2) is 23.6 Å². The highest BCUT2D eigenvalue weighted by Crippen LogP contribution is 2.21. The van der Waals surface area contributed by atoms with E-state index >= 15 is 0 Å². The third-order valence-electron chi connectivity index (χ3n) is 2.80. The number of rotatable bonds is 6. The Hall–Kier alpha value is -0.970. The lowest BCUT2D eigenvalue weighted by molar-refractivity contribution is 0.474. The molecule has 0 heterocycles. The Morgan fingerprint density at radius 3 is 2.86 bits per heavy atom. The van der Waals surface area contributed by atoms with Crippen LogP contribution in [0.25, 0.3) is 0 Å². The number of hydrogen-bond acceptors (Lipinski definition) is 3. The molecule has 0 saturated heterocycles. The third-order valence-corrected chi connectivity index (χ3v) is 4.65. The van der Waals surface area contributed by atoms with E-state index in [9.17, 15) is 5.11 Å². The molecule has 0 bridgehead atoms. The van der Waals surface area contributed by atoms with Gasteiger partial charge in [-0.05, 0) is 29.8 Å². The summed E-state index contributed by atoms with van der Waals surface area (Å²) in [6, 6.07) is 13.2. The number of benzene rings is 2. The Labute approximate surface area is 142 Å². The molecule has 2 aromatic carbocycles. The summed E-state index contributed by atoms with van der Waals surface area (Å²) >= 11 is 11.3. The van der Waals surface area contributed by atoms with Crippen LogP contribution in [0.1, 0.15) is 11.1 Å². The van der Waals surface area contributed by atoms with Crippen LogP contribution in [0.15, 0.2) is 51.9 Å². The predicted octanol–water partition coefficient (Wildman–Crippen LogP) is 5.16. The van der Waals surface area contributed by atoms with Crippen molar-refractivity contribution in [2.24, 2.45) is 4.99 Å². The maximum absolute atomic E-state index is 9.68. The first kappa shape index (κ1) is 16.4. The van der Waals surface area contributed by atoms with Gasteiger partial charge in [0, 0.05) is 39.3 Å². The fraction of sp³-hybridized carbons (Fsp3) is 0.188. The second-order valence-corrected chi connectivity index (χ2v) is 6.81. The average molecular weight is 385 g/mol. The van der Waals surface area contributed by atoms with E-state index in [1.165, 1.54) is 0 Å². The minimum Gasteiger partial charge on any atom is -0.507 e. The highest BCUT2D eigenvalue weighted by atomic mass is 79.9. The fourth-order valence-electron chi connectivity index (χ4n) is 1.71. The lowest BCUT2D eigenvalue weighted by Gasteiger charge is -2.03. The van der Waals surface area contributed by atoms with Crippen LogP contribution in [0.3, 0.4) is 0 Å². The Morgan fingerprint density at radius 2 is 2.05 bits per heavy atom. The molecule has 0 atom stereocenters. The number of nitrogens with zero attached hydrogens (tertiary/aromatic N) is 1. The van der Waals surface area contributed by atoms with Gasteiger partial charge in [-0.2, -0.15) is 11.8 Å². The maximum Gasteiger partial charge on any atom is 0.124 e. The van der Waals surface area contributed by atoms with Crippen molar-refractivity contribution in [3.8, 4) is 5.75 Å². The first-order chi connectivity index (χ1) is 10.2. The Kier molecular flexibility index (Phi) is 6.61. The molecule has 2 rings (SSSR count). The highest BCUT2D eigenvalue weighted by molar-refractivity contribution is 9.10. The number of thioether (sulfide) groups is 1. The molecule has 0 saturated carbocycles. The molecule has 0 fully saturated rings. The van der Waals surface area contributed by atoms with Crippen LogP contribution in [0.5, 0.6) is 5.75 Å². The number of aromatic hydroxyl groups is 1. The molecule has 0 aliphatic carbocycles. The number of phenolic OH excluding ortho intramolecular Hbond substituents is 1. The van der Waals surface area contributed by atoms with E-state index in [4.69, 9.17) is 11.6 Å². The summed E-state index contributed by atoms with van der Waals surface area (Å²) in [5.41, 5.74) is 1.87. The molecule has 110 valence electrons. The Balaban J connectivity index is 1.76. The molecule has 0 unspecified atom stereocenters. The van der Waals surface area contributed by atoms with Crippen LogP contribution < -0.4 is 0 Å². The minimum absolute atomic E-state index is 0.241. The van der Waals surface area contributed by atoms with Crippen molar-refractivity contribution >= 4 is 45.5 Å². The molecule has 0 aliphatic rings. The molecular formula is C16H15BrClNOS. The van der Waals surface area contributed by atoms with Crippen molar-refractivity contribution in [1.29, 1.82) is 0 Å². The third kappa shape index (κ3) is 5.38. The quantitative estimate of drug-likeness (QED) is 0.551. The summed E-state index contributed by atoms with van der Waals surface area (Å²) in [6.45, 7) is 0.709. The van der Waals surface area contributed by atoms with Crippen molar-refractivity contribution < 1.29 is 5.11 Å². The summed E-state index contributed by atoms with van der Waals surface area (Å²) in [6.07, 6.45) is 1.70. The van der Waals surface area contributed by atoms with Crippen molar-refractivity contribution in [2.45, 2.75) is 5.75 Å². The normalized spacial score (nSPS) is 11.1. The smallest absolute Gasteiger partial charge is 0.124 e. The van der Waals surface area contributed by atoms with Crippen LogP contribution in [0, 0.1) is 0 Å².